The average Bonchev–Trinajstić information content (AvgIpc) is 2.82. The number of pyridine rings is 1. The normalized spacial score (nSPS) is 10.9. The Hall–Kier alpha value is -1.46. The van der Waals surface area contributed by atoms with Gasteiger partial charge in [-0.15, -0.1) is 5.10 Å². The van der Waals surface area contributed by atoms with Crippen molar-refractivity contribution in [2.24, 2.45) is 0 Å². The first-order valence-corrected chi connectivity index (χ1v) is 6.27. The molecular formula is C12H15ClN4O. The van der Waals surface area contributed by atoms with Gasteiger partial charge in [-0.05, 0) is 6.07 Å². The van der Waals surface area contributed by atoms with E-state index in [0.717, 1.165) is 24.5 Å². The molecule has 0 amide bonds. The van der Waals surface area contributed by atoms with E-state index in [-0.39, 0.29) is 6.61 Å². The monoisotopic (exact) mass is 266 g/mol. The van der Waals surface area contributed by atoms with Crippen LogP contribution in [0.5, 0.6) is 0 Å². The molecule has 0 fully saturated rings. The summed E-state index contributed by atoms with van der Waals surface area (Å²) in [4.78, 5) is 8.65. The lowest BCUT2D eigenvalue weighted by atomic mass is 10.3. The molecule has 0 atom stereocenters. The van der Waals surface area contributed by atoms with Crippen molar-refractivity contribution in [2.45, 2.75) is 33.3 Å². The van der Waals surface area contributed by atoms with E-state index in [0.29, 0.717) is 16.4 Å². The smallest absolute Gasteiger partial charge is 0.155 e. The molecule has 0 saturated heterocycles. The van der Waals surface area contributed by atoms with Crippen molar-refractivity contribution in [1.29, 1.82) is 0 Å². The third-order valence-electron chi connectivity index (χ3n) is 2.66. The van der Waals surface area contributed by atoms with Crippen molar-refractivity contribution in [3.05, 3.63) is 34.5 Å². The minimum absolute atomic E-state index is 0.120. The maximum absolute atomic E-state index is 9.21. The number of rotatable bonds is 4. The Morgan fingerprint density at radius 3 is 2.72 bits per heavy atom. The summed E-state index contributed by atoms with van der Waals surface area (Å²) in [6.07, 6.45) is 3.07. The average molecular weight is 267 g/mol. The summed E-state index contributed by atoms with van der Waals surface area (Å²) < 4.78 is 1.70. The van der Waals surface area contributed by atoms with Gasteiger partial charge in [-0.2, -0.15) is 4.68 Å². The molecule has 0 aliphatic carbocycles. The molecule has 2 rings (SSSR count). The number of halogens is 1. The zero-order chi connectivity index (χ0) is 13.1. The van der Waals surface area contributed by atoms with Gasteiger partial charge < -0.3 is 5.11 Å². The van der Waals surface area contributed by atoms with E-state index in [1.54, 1.807) is 10.7 Å². The topological polar surface area (TPSA) is 63.8 Å². The van der Waals surface area contributed by atoms with Crippen LogP contribution in [0.1, 0.15) is 31.1 Å². The van der Waals surface area contributed by atoms with Gasteiger partial charge in [-0.3, -0.25) is 0 Å². The van der Waals surface area contributed by atoms with E-state index >= 15 is 0 Å². The predicted molar refractivity (Wildman–Crippen MR) is 68.8 cm³/mol. The number of hydrogen-bond acceptors (Lipinski definition) is 4. The fraction of sp³-hybridized carbons (Fsp3) is 0.417. The largest absolute Gasteiger partial charge is 0.392 e. The van der Waals surface area contributed by atoms with Crippen LogP contribution in [0.4, 0.5) is 0 Å². The minimum Gasteiger partial charge on any atom is -0.392 e. The van der Waals surface area contributed by atoms with E-state index in [2.05, 4.69) is 15.1 Å². The Morgan fingerprint density at radius 1 is 1.33 bits per heavy atom. The molecule has 2 heterocycles. The molecule has 0 bridgehead atoms. The first-order chi connectivity index (χ1) is 8.69. The van der Waals surface area contributed by atoms with Crippen molar-refractivity contribution in [3.63, 3.8) is 0 Å². The van der Waals surface area contributed by atoms with Crippen LogP contribution in [0.2, 0.25) is 5.02 Å². The molecule has 1 N–H and O–H groups in total. The molecule has 0 spiro atoms. The van der Waals surface area contributed by atoms with Crippen molar-refractivity contribution in [1.82, 2.24) is 19.7 Å². The molecule has 18 heavy (non-hydrogen) atoms. The summed E-state index contributed by atoms with van der Waals surface area (Å²) >= 11 is 5.92. The maximum atomic E-state index is 9.21. The van der Waals surface area contributed by atoms with Gasteiger partial charge in [0.2, 0.25) is 0 Å². The van der Waals surface area contributed by atoms with E-state index in [9.17, 15) is 5.11 Å². The fourth-order valence-corrected chi connectivity index (χ4v) is 1.82. The maximum Gasteiger partial charge on any atom is 0.155 e. The van der Waals surface area contributed by atoms with Crippen molar-refractivity contribution in [2.75, 3.05) is 0 Å². The van der Waals surface area contributed by atoms with Crippen LogP contribution >= 0.6 is 11.6 Å². The molecule has 96 valence electrons. The standard InChI is InChI=1S/C12H15ClN4O/c1-3-10-15-11(4-2)17(16-10)12-5-8(7-18)9(13)6-14-12/h5-6,18H,3-4,7H2,1-2H3. The third-order valence-corrected chi connectivity index (χ3v) is 3.00. The van der Waals surface area contributed by atoms with Gasteiger partial charge in [0.05, 0.1) is 11.6 Å². The van der Waals surface area contributed by atoms with Gasteiger partial charge in [0.25, 0.3) is 0 Å². The molecule has 2 aromatic rings. The predicted octanol–water partition coefficient (Wildman–Crippen LogP) is 1.93. The second-order valence-electron chi connectivity index (χ2n) is 3.86. The fourth-order valence-electron chi connectivity index (χ4n) is 1.66. The minimum atomic E-state index is -0.120. The van der Waals surface area contributed by atoms with Crippen LogP contribution in [-0.2, 0) is 19.4 Å². The molecule has 0 saturated carbocycles. The summed E-state index contributed by atoms with van der Waals surface area (Å²) in [6.45, 7) is 3.90. The van der Waals surface area contributed by atoms with Gasteiger partial charge in [-0.1, -0.05) is 25.4 Å². The molecule has 5 nitrogen and oxygen atoms in total. The Kier molecular flexibility index (Phi) is 3.93. The second-order valence-corrected chi connectivity index (χ2v) is 4.26. The van der Waals surface area contributed by atoms with Crippen molar-refractivity contribution < 1.29 is 5.11 Å². The lowest BCUT2D eigenvalue weighted by molar-refractivity contribution is 0.281. The summed E-state index contributed by atoms with van der Waals surface area (Å²) in [6, 6.07) is 1.73. The van der Waals surface area contributed by atoms with Gasteiger partial charge >= 0.3 is 0 Å². The van der Waals surface area contributed by atoms with Gasteiger partial charge in [0.15, 0.2) is 11.6 Å². The lowest BCUT2D eigenvalue weighted by Crippen LogP contribution is -2.05. The third kappa shape index (κ3) is 2.37. The zero-order valence-corrected chi connectivity index (χ0v) is 11.1. The number of aryl methyl sites for hydroxylation is 2. The Balaban J connectivity index is 2.50. The highest BCUT2D eigenvalue weighted by molar-refractivity contribution is 6.31. The van der Waals surface area contributed by atoms with Crippen LogP contribution in [0, 0.1) is 0 Å². The summed E-state index contributed by atoms with van der Waals surface area (Å²) in [5, 5.41) is 14.1. The highest BCUT2D eigenvalue weighted by Crippen LogP contribution is 2.18. The zero-order valence-electron chi connectivity index (χ0n) is 10.4. The summed E-state index contributed by atoms with van der Waals surface area (Å²) in [5.74, 6) is 2.27. The second kappa shape index (κ2) is 5.46. The van der Waals surface area contributed by atoms with Crippen molar-refractivity contribution in [3.8, 4) is 5.82 Å². The number of aromatic nitrogens is 4. The summed E-state index contributed by atoms with van der Waals surface area (Å²) in [5.41, 5.74) is 0.636. The molecule has 0 aromatic carbocycles. The van der Waals surface area contributed by atoms with E-state index in [4.69, 9.17) is 11.6 Å². The quantitative estimate of drug-likeness (QED) is 0.918. The Bertz CT molecular complexity index is 553. The molecule has 2 aromatic heterocycles. The number of aliphatic hydroxyl groups excluding tert-OH is 1. The van der Waals surface area contributed by atoms with Crippen LogP contribution in [0.25, 0.3) is 5.82 Å². The van der Waals surface area contributed by atoms with E-state index < -0.39 is 0 Å². The highest BCUT2D eigenvalue weighted by atomic mass is 35.5. The van der Waals surface area contributed by atoms with Crippen LogP contribution in [0.3, 0.4) is 0 Å². The number of nitrogens with zero attached hydrogens (tertiary/aromatic N) is 4. The lowest BCUT2D eigenvalue weighted by Gasteiger charge is -2.06. The van der Waals surface area contributed by atoms with Crippen molar-refractivity contribution >= 4 is 11.6 Å². The Labute approximate surface area is 110 Å². The SMILES string of the molecule is CCc1nc(CC)n(-c2cc(CO)c(Cl)cn2)n1. The van der Waals surface area contributed by atoms with Gasteiger partial charge in [0.1, 0.15) is 5.82 Å². The van der Waals surface area contributed by atoms with E-state index in [1.165, 1.54) is 6.20 Å². The highest BCUT2D eigenvalue weighted by Gasteiger charge is 2.11. The Morgan fingerprint density at radius 2 is 2.11 bits per heavy atom. The molecule has 0 radical (unpaired) electrons. The number of hydrogen-bond donors (Lipinski definition) is 1. The van der Waals surface area contributed by atoms with Gasteiger partial charge in [0, 0.05) is 24.6 Å². The molecule has 0 aliphatic rings. The van der Waals surface area contributed by atoms with Crippen LogP contribution in [-0.4, -0.2) is 24.9 Å². The van der Waals surface area contributed by atoms with Crippen LogP contribution < -0.4 is 0 Å². The molecular weight excluding hydrogens is 252 g/mol. The molecule has 0 aliphatic heterocycles. The summed E-state index contributed by atoms with van der Waals surface area (Å²) in [7, 11) is 0. The first-order valence-electron chi connectivity index (χ1n) is 5.90. The van der Waals surface area contributed by atoms with Gasteiger partial charge in [-0.25, -0.2) is 9.97 Å². The number of aliphatic hydroxyl groups is 1. The van der Waals surface area contributed by atoms with E-state index in [1.807, 2.05) is 13.8 Å². The first kappa shape index (κ1) is 13.0. The molecule has 0 unspecified atom stereocenters. The molecule has 6 heteroatoms. The van der Waals surface area contributed by atoms with Crippen LogP contribution in [0.15, 0.2) is 12.3 Å².